The first-order valence-electron chi connectivity index (χ1n) is 10.1. The van der Waals surface area contributed by atoms with Gasteiger partial charge < -0.3 is 5.32 Å². The van der Waals surface area contributed by atoms with Crippen molar-refractivity contribution in [1.82, 2.24) is 5.32 Å². The van der Waals surface area contributed by atoms with Gasteiger partial charge in [0, 0.05) is 24.2 Å². The summed E-state index contributed by atoms with van der Waals surface area (Å²) >= 11 is 6.15. The fourth-order valence-corrected chi connectivity index (χ4v) is 4.64. The molecule has 0 spiro atoms. The summed E-state index contributed by atoms with van der Waals surface area (Å²) in [7, 11) is -3.79. The molecule has 0 radical (unpaired) electrons. The van der Waals surface area contributed by atoms with Crippen molar-refractivity contribution >= 4 is 38.9 Å². The van der Waals surface area contributed by atoms with Crippen molar-refractivity contribution in [3.05, 3.63) is 80.4 Å². The Kier molecular flexibility index (Phi) is 7.52. The van der Waals surface area contributed by atoms with Crippen LogP contribution in [-0.2, 0) is 16.6 Å². The van der Waals surface area contributed by atoms with E-state index < -0.39 is 14.9 Å². The molecule has 0 saturated carbocycles. The van der Waals surface area contributed by atoms with Gasteiger partial charge in [0.1, 0.15) is 0 Å². The number of benzene rings is 2. The number of nitrogens with zero attached hydrogens (tertiary/aromatic N) is 2. The van der Waals surface area contributed by atoms with E-state index in [0.717, 1.165) is 35.9 Å². The predicted molar refractivity (Wildman–Crippen MR) is 124 cm³/mol. The van der Waals surface area contributed by atoms with Crippen LogP contribution in [0.4, 0.5) is 11.4 Å². The topological polar surface area (TPSA) is 110 Å². The van der Waals surface area contributed by atoms with Crippen LogP contribution in [0, 0.1) is 10.1 Å². The second-order valence-corrected chi connectivity index (χ2v) is 9.96. The molecule has 0 aromatic heterocycles. The molecule has 1 N–H and O–H groups in total. The first-order chi connectivity index (χ1) is 15.1. The van der Waals surface area contributed by atoms with Crippen molar-refractivity contribution in [3.63, 3.8) is 0 Å². The molecule has 0 fully saturated rings. The molecule has 3 rings (SSSR count). The second-order valence-electron chi connectivity index (χ2n) is 7.65. The summed E-state index contributed by atoms with van der Waals surface area (Å²) in [4.78, 5) is 22.9. The van der Waals surface area contributed by atoms with Crippen LogP contribution < -0.4 is 9.62 Å². The molecule has 1 aliphatic rings. The number of carbonyl (C=O) groups is 1. The maximum absolute atomic E-state index is 12.4. The molecule has 170 valence electrons. The van der Waals surface area contributed by atoms with Crippen LogP contribution in [0.5, 0.6) is 0 Å². The summed E-state index contributed by atoms with van der Waals surface area (Å²) in [6, 6.07) is 10.2. The quantitative estimate of drug-likeness (QED) is 0.343. The third-order valence-corrected chi connectivity index (χ3v) is 6.66. The zero-order valence-corrected chi connectivity index (χ0v) is 19.2. The number of non-ortho nitro benzene ring substituents is 1. The van der Waals surface area contributed by atoms with E-state index >= 15 is 0 Å². The molecule has 0 unspecified atom stereocenters. The molecular weight excluding hydrogens is 454 g/mol. The Morgan fingerprint density at radius 2 is 1.91 bits per heavy atom. The van der Waals surface area contributed by atoms with E-state index in [4.69, 9.17) is 11.6 Å². The minimum absolute atomic E-state index is 0.0194. The van der Waals surface area contributed by atoms with E-state index in [2.05, 4.69) is 11.4 Å². The van der Waals surface area contributed by atoms with E-state index in [0.29, 0.717) is 17.7 Å². The number of nitrogens with one attached hydrogen (secondary N) is 1. The maximum Gasteiger partial charge on any atom is 0.271 e. The highest BCUT2D eigenvalue weighted by Crippen LogP contribution is 2.32. The third kappa shape index (κ3) is 6.08. The van der Waals surface area contributed by atoms with Gasteiger partial charge in [-0.15, -0.1) is 0 Å². The molecule has 0 atom stereocenters. The molecular formula is C22H24ClN3O5S. The summed E-state index contributed by atoms with van der Waals surface area (Å²) in [5, 5.41) is 14.1. The van der Waals surface area contributed by atoms with Gasteiger partial charge in [0.2, 0.25) is 10.0 Å². The molecule has 10 heteroatoms. The number of carbonyl (C=O) groups excluding carboxylic acids is 1. The van der Waals surface area contributed by atoms with E-state index in [1.807, 2.05) is 0 Å². The number of nitro benzene ring substituents is 1. The minimum atomic E-state index is -3.79. The highest BCUT2D eigenvalue weighted by Gasteiger charge is 2.23. The van der Waals surface area contributed by atoms with Gasteiger partial charge in [-0.3, -0.25) is 19.2 Å². The van der Waals surface area contributed by atoms with Gasteiger partial charge in [-0.25, -0.2) is 8.42 Å². The molecule has 0 bridgehead atoms. The van der Waals surface area contributed by atoms with Crippen molar-refractivity contribution in [3.8, 4) is 0 Å². The number of halogens is 1. The zero-order valence-electron chi connectivity index (χ0n) is 17.6. The summed E-state index contributed by atoms with van der Waals surface area (Å²) in [5.74, 6) is -0.204. The molecule has 0 heterocycles. The smallest absolute Gasteiger partial charge is 0.271 e. The Morgan fingerprint density at radius 3 is 2.50 bits per heavy atom. The molecule has 0 saturated heterocycles. The highest BCUT2D eigenvalue weighted by molar-refractivity contribution is 7.92. The van der Waals surface area contributed by atoms with E-state index in [1.165, 1.54) is 24.1 Å². The zero-order chi connectivity index (χ0) is 23.3. The lowest BCUT2D eigenvalue weighted by Gasteiger charge is -2.23. The monoisotopic (exact) mass is 477 g/mol. The maximum atomic E-state index is 12.4. The Morgan fingerprint density at radius 1 is 1.19 bits per heavy atom. The number of sulfonamides is 1. The molecule has 0 aliphatic heterocycles. The van der Waals surface area contributed by atoms with E-state index in [1.54, 1.807) is 24.3 Å². The fourth-order valence-electron chi connectivity index (χ4n) is 3.48. The first-order valence-corrected chi connectivity index (χ1v) is 12.3. The average Bonchev–Trinajstić information content (AvgIpc) is 2.76. The Labute approximate surface area is 192 Å². The highest BCUT2D eigenvalue weighted by atomic mass is 35.5. The third-order valence-electron chi connectivity index (χ3n) is 5.21. The Hall–Kier alpha value is -2.91. The standard InChI is InChI=1S/C22H24ClN3O5S/c1-32(30,31)25(21-13-19(26(28)29)11-12-20(21)23)15-17-7-9-18(10-8-17)22(27)24-14-16-5-3-2-4-6-16/h5,7-13H,2-4,6,14-15H2,1H3,(H,24,27). The van der Waals surface area contributed by atoms with Crippen LogP contribution in [0.2, 0.25) is 5.02 Å². The summed E-state index contributed by atoms with van der Waals surface area (Å²) in [5.41, 5.74) is 2.05. The molecule has 2 aromatic rings. The molecule has 1 aliphatic carbocycles. The number of rotatable bonds is 8. The van der Waals surface area contributed by atoms with Crippen LogP contribution in [0.25, 0.3) is 0 Å². The largest absolute Gasteiger partial charge is 0.348 e. The van der Waals surface area contributed by atoms with E-state index in [9.17, 15) is 23.3 Å². The van der Waals surface area contributed by atoms with Gasteiger partial charge in [-0.2, -0.15) is 0 Å². The van der Waals surface area contributed by atoms with Crippen molar-refractivity contribution in [2.24, 2.45) is 0 Å². The Balaban J connectivity index is 1.75. The summed E-state index contributed by atoms with van der Waals surface area (Å²) in [6.07, 6.45) is 7.55. The van der Waals surface area contributed by atoms with Gasteiger partial charge in [-0.1, -0.05) is 35.4 Å². The van der Waals surface area contributed by atoms with Crippen LogP contribution in [0.15, 0.2) is 54.1 Å². The number of nitro groups is 1. The lowest BCUT2D eigenvalue weighted by atomic mass is 9.99. The van der Waals surface area contributed by atoms with E-state index in [-0.39, 0.29) is 28.8 Å². The van der Waals surface area contributed by atoms with Crippen molar-refractivity contribution in [1.29, 1.82) is 0 Å². The molecule has 8 nitrogen and oxygen atoms in total. The van der Waals surface area contributed by atoms with Crippen LogP contribution in [-0.4, -0.2) is 32.0 Å². The van der Waals surface area contributed by atoms with Gasteiger partial charge >= 0.3 is 0 Å². The normalized spacial score (nSPS) is 13.9. The number of amides is 1. The van der Waals surface area contributed by atoms with Crippen molar-refractivity contribution in [2.45, 2.75) is 32.2 Å². The number of anilines is 1. The summed E-state index contributed by atoms with van der Waals surface area (Å²) < 4.78 is 25.8. The Bertz CT molecular complexity index is 1150. The predicted octanol–water partition coefficient (Wildman–Crippen LogP) is 4.44. The number of hydrogen-bond donors (Lipinski definition) is 1. The lowest BCUT2D eigenvalue weighted by Crippen LogP contribution is -2.29. The van der Waals surface area contributed by atoms with Gasteiger partial charge in [0.15, 0.2) is 0 Å². The van der Waals surface area contributed by atoms with Crippen LogP contribution >= 0.6 is 11.6 Å². The summed E-state index contributed by atoms with van der Waals surface area (Å²) in [6.45, 7) is 0.433. The van der Waals surface area contributed by atoms with Gasteiger partial charge in [0.25, 0.3) is 11.6 Å². The number of hydrogen-bond acceptors (Lipinski definition) is 5. The SMILES string of the molecule is CS(=O)(=O)N(Cc1ccc(C(=O)NCC2=CCCCC2)cc1)c1cc([N+](=O)[O-])ccc1Cl. The van der Waals surface area contributed by atoms with Crippen molar-refractivity contribution < 1.29 is 18.1 Å². The minimum Gasteiger partial charge on any atom is -0.348 e. The fraction of sp³-hybridized carbons (Fsp3) is 0.318. The molecule has 32 heavy (non-hydrogen) atoms. The first kappa shape index (κ1) is 23.7. The number of allylic oxidation sites excluding steroid dienone is 1. The average molecular weight is 478 g/mol. The van der Waals surface area contributed by atoms with Crippen molar-refractivity contribution in [2.75, 3.05) is 17.1 Å². The van der Waals surface area contributed by atoms with Gasteiger partial charge in [-0.05, 0) is 49.4 Å². The molecule has 1 amide bonds. The lowest BCUT2D eigenvalue weighted by molar-refractivity contribution is -0.384. The van der Waals surface area contributed by atoms with Crippen LogP contribution in [0.3, 0.4) is 0 Å². The van der Waals surface area contributed by atoms with Gasteiger partial charge in [0.05, 0.1) is 28.4 Å². The molecule has 2 aromatic carbocycles. The van der Waals surface area contributed by atoms with Crippen LogP contribution in [0.1, 0.15) is 41.6 Å². The second kappa shape index (κ2) is 10.1.